The molecule has 2 rings (SSSR count). The van der Waals surface area contributed by atoms with Gasteiger partial charge in [0.1, 0.15) is 6.61 Å². The second kappa shape index (κ2) is 9.52. The van der Waals surface area contributed by atoms with Crippen molar-refractivity contribution in [1.82, 2.24) is 5.32 Å². The third-order valence-corrected chi connectivity index (χ3v) is 4.10. The predicted octanol–water partition coefficient (Wildman–Crippen LogP) is 3.79. The van der Waals surface area contributed by atoms with Gasteiger partial charge in [-0.1, -0.05) is 36.7 Å². The molecule has 0 saturated carbocycles. The van der Waals surface area contributed by atoms with Crippen LogP contribution in [0.2, 0.25) is 5.02 Å². The Kier molecular flexibility index (Phi) is 7.37. The van der Waals surface area contributed by atoms with Crippen molar-refractivity contribution in [2.24, 2.45) is 0 Å². The number of aliphatic hydroxyl groups is 1. The first-order chi connectivity index (χ1) is 11.7. The van der Waals surface area contributed by atoms with E-state index in [1.165, 1.54) is 0 Å². The van der Waals surface area contributed by atoms with Crippen LogP contribution < -0.4 is 14.8 Å². The Hall–Kier alpha value is -1.75. The molecule has 0 amide bonds. The van der Waals surface area contributed by atoms with Crippen molar-refractivity contribution in [2.45, 2.75) is 32.5 Å². The van der Waals surface area contributed by atoms with Crippen molar-refractivity contribution in [3.8, 4) is 11.5 Å². The molecule has 2 aromatic carbocycles. The second-order valence-corrected chi connectivity index (χ2v) is 6.01. The summed E-state index contributed by atoms with van der Waals surface area (Å²) in [7, 11) is 1.63. The zero-order valence-electron chi connectivity index (χ0n) is 14.1. The van der Waals surface area contributed by atoms with Gasteiger partial charge in [0.25, 0.3) is 0 Å². The molecule has 0 aliphatic heterocycles. The van der Waals surface area contributed by atoms with E-state index in [1.807, 2.05) is 49.4 Å². The quantitative estimate of drug-likeness (QED) is 0.723. The highest BCUT2D eigenvalue weighted by Gasteiger charge is 2.08. The van der Waals surface area contributed by atoms with Gasteiger partial charge in [-0.3, -0.25) is 0 Å². The van der Waals surface area contributed by atoms with Crippen molar-refractivity contribution in [3.05, 3.63) is 58.6 Å². The number of hydrogen-bond donors (Lipinski definition) is 2. The molecule has 0 fully saturated rings. The molecule has 0 aliphatic rings. The van der Waals surface area contributed by atoms with E-state index in [0.29, 0.717) is 29.7 Å². The van der Waals surface area contributed by atoms with Crippen LogP contribution in [0.25, 0.3) is 0 Å². The molecule has 2 N–H and O–H groups in total. The molecule has 0 saturated heterocycles. The minimum absolute atomic E-state index is 0.108. The van der Waals surface area contributed by atoms with Crippen LogP contribution in [0.1, 0.15) is 24.5 Å². The molecule has 0 spiro atoms. The van der Waals surface area contributed by atoms with Gasteiger partial charge in [0, 0.05) is 17.6 Å². The van der Waals surface area contributed by atoms with Crippen LogP contribution in [-0.2, 0) is 13.2 Å². The van der Waals surface area contributed by atoms with Gasteiger partial charge in [0.05, 0.1) is 13.7 Å². The van der Waals surface area contributed by atoms with Gasteiger partial charge >= 0.3 is 0 Å². The van der Waals surface area contributed by atoms with Crippen LogP contribution in [0.15, 0.2) is 42.5 Å². The van der Waals surface area contributed by atoms with Gasteiger partial charge in [-0.2, -0.15) is 0 Å². The fourth-order valence-electron chi connectivity index (χ4n) is 2.28. The summed E-state index contributed by atoms with van der Waals surface area (Å²) >= 11 is 5.88. The molecule has 0 aromatic heterocycles. The van der Waals surface area contributed by atoms with Gasteiger partial charge in [0.15, 0.2) is 11.5 Å². The molecule has 0 bridgehead atoms. The predicted molar refractivity (Wildman–Crippen MR) is 96.8 cm³/mol. The van der Waals surface area contributed by atoms with Crippen molar-refractivity contribution in [1.29, 1.82) is 0 Å². The maximum atomic E-state index is 9.23. The van der Waals surface area contributed by atoms with Gasteiger partial charge in [-0.25, -0.2) is 0 Å². The summed E-state index contributed by atoms with van der Waals surface area (Å²) in [5, 5.41) is 13.2. The Morgan fingerprint density at radius 2 is 1.79 bits per heavy atom. The van der Waals surface area contributed by atoms with E-state index >= 15 is 0 Å². The molecule has 0 radical (unpaired) electrons. The van der Waals surface area contributed by atoms with E-state index in [4.69, 9.17) is 21.1 Å². The standard InChI is InChI=1S/C19H24ClNO3/c1-3-17(12-22)21-11-15-6-9-18(19(10-15)23-2)24-13-14-4-7-16(20)8-5-14/h4-10,17,21-22H,3,11-13H2,1-2H3/t17-/m0/s1. The monoisotopic (exact) mass is 349 g/mol. The van der Waals surface area contributed by atoms with Crippen molar-refractivity contribution in [2.75, 3.05) is 13.7 Å². The molecule has 2 aromatic rings. The minimum atomic E-state index is 0.108. The van der Waals surface area contributed by atoms with Gasteiger partial charge in [-0.15, -0.1) is 0 Å². The van der Waals surface area contributed by atoms with E-state index in [-0.39, 0.29) is 12.6 Å². The van der Waals surface area contributed by atoms with Crippen LogP contribution in [0.3, 0.4) is 0 Å². The maximum Gasteiger partial charge on any atom is 0.161 e. The average molecular weight is 350 g/mol. The molecule has 0 unspecified atom stereocenters. The summed E-state index contributed by atoms with van der Waals surface area (Å²) in [5.74, 6) is 1.39. The molecule has 5 heteroatoms. The summed E-state index contributed by atoms with van der Waals surface area (Å²) in [6.45, 7) is 3.30. The maximum absolute atomic E-state index is 9.23. The number of hydrogen-bond acceptors (Lipinski definition) is 4. The normalized spacial score (nSPS) is 12.0. The smallest absolute Gasteiger partial charge is 0.161 e. The van der Waals surface area contributed by atoms with Crippen molar-refractivity contribution < 1.29 is 14.6 Å². The second-order valence-electron chi connectivity index (χ2n) is 5.57. The number of rotatable bonds is 9. The number of benzene rings is 2. The third kappa shape index (κ3) is 5.41. The van der Waals surface area contributed by atoms with Crippen LogP contribution in [-0.4, -0.2) is 24.9 Å². The Labute approximate surface area is 148 Å². The SMILES string of the molecule is CC[C@@H](CO)NCc1ccc(OCc2ccc(Cl)cc2)c(OC)c1. The first-order valence-corrected chi connectivity index (χ1v) is 8.42. The number of nitrogens with one attached hydrogen (secondary N) is 1. The van der Waals surface area contributed by atoms with Gasteiger partial charge in [-0.05, 0) is 41.8 Å². The van der Waals surface area contributed by atoms with Gasteiger partial charge < -0.3 is 19.9 Å². The van der Waals surface area contributed by atoms with Crippen LogP contribution >= 0.6 is 11.6 Å². The Bertz CT molecular complexity index is 627. The number of halogens is 1. The van der Waals surface area contributed by atoms with Crippen molar-refractivity contribution >= 4 is 11.6 Å². The fraction of sp³-hybridized carbons (Fsp3) is 0.368. The molecule has 4 nitrogen and oxygen atoms in total. The Balaban J connectivity index is 1.99. The van der Waals surface area contributed by atoms with E-state index in [9.17, 15) is 5.11 Å². The van der Waals surface area contributed by atoms with Crippen molar-refractivity contribution in [3.63, 3.8) is 0 Å². The van der Waals surface area contributed by atoms with Gasteiger partial charge in [0.2, 0.25) is 0 Å². The highest BCUT2D eigenvalue weighted by molar-refractivity contribution is 6.30. The van der Waals surface area contributed by atoms with Crippen LogP contribution in [0, 0.1) is 0 Å². The van der Waals surface area contributed by atoms with E-state index in [0.717, 1.165) is 17.5 Å². The van der Waals surface area contributed by atoms with E-state index < -0.39 is 0 Å². The third-order valence-electron chi connectivity index (χ3n) is 3.84. The summed E-state index contributed by atoms with van der Waals surface area (Å²) in [5.41, 5.74) is 2.12. The first-order valence-electron chi connectivity index (χ1n) is 8.04. The Morgan fingerprint density at radius 1 is 1.08 bits per heavy atom. The van der Waals surface area contributed by atoms with Crippen LogP contribution in [0.4, 0.5) is 0 Å². The first kappa shape index (κ1) is 18.6. The molecular formula is C19H24ClNO3. The Morgan fingerprint density at radius 3 is 2.42 bits per heavy atom. The number of methoxy groups -OCH3 is 1. The lowest BCUT2D eigenvalue weighted by molar-refractivity contribution is 0.238. The van der Waals surface area contributed by atoms with Crippen LogP contribution in [0.5, 0.6) is 11.5 Å². The lowest BCUT2D eigenvalue weighted by atomic mass is 10.1. The topological polar surface area (TPSA) is 50.7 Å². The number of ether oxygens (including phenoxy) is 2. The summed E-state index contributed by atoms with van der Waals surface area (Å²) < 4.78 is 11.3. The zero-order chi connectivity index (χ0) is 17.4. The lowest BCUT2D eigenvalue weighted by Crippen LogP contribution is -2.31. The summed E-state index contributed by atoms with van der Waals surface area (Å²) in [4.78, 5) is 0. The average Bonchev–Trinajstić information content (AvgIpc) is 2.62. The highest BCUT2D eigenvalue weighted by atomic mass is 35.5. The zero-order valence-corrected chi connectivity index (χ0v) is 14.8. The molecular weight excluding hydrogens is 326 g/mol. The molecule has 0 heterocycles. The molecule has 130 valence electrons. The summed E-state index contributed by atoms with van der Waals surface area (Å²) in [6.07, 6.45) is 0.885. The minimum Gasteiger partial charge on any atom is -0.493 e. The molecule has 24 heavy (non-hydrogen) atoms. The lowest BCUT2D eigenvalue weighted by Gasteiger charge is -2.16. The summed E-state index contributed by atoms with van der Waals surface area (Å²) in [6, 6.07) is 13.5. The molecule has 1 atom stereocenters. The number of aliphatic hydroxyl groups excluding tert-OH is 1. The molecule has 0 aliphatic carbocycles. The fourth-order valence-corrected chi connectivity index (χ4v) is 2.41. The van der Waals surface area contributed by atoms with E-state index in [2.05, 4.69) is 5.32 Å². The highest BCUT2D eigenvalue weighted by Crippen LogP contribution is 2.29. The van der Waals surface area contributed by atoms with E-state index in [1.54, 1.807) is 7.11 Å². The largest absolute Gasteiger partial charge is 0.493 e.